The summed E-state index contributed by atoms with van der Waals surface area (Å²) < 4.78 is 5.24. The molecule has 1 amide bonds. The van der Waals surface area contributed by atoms with Crippen LogP contribution in [-0.4, -0.2) is 43.0 Å². The maximum Gasteiger partial charge on any atom is 0.341 e. The van der Waals surface area contributed by atoms with Gasteiger partial charge in [-0.15, -0.1) is 11.3 Å². The zero-order valence-corrected chi connectivity index (χ0v) is 16.5. The first-order valence-electron chi connectivity index (χ1n) is 9.44. The summed E-state index contributed by atoms with van der Waals surface area (Å²) in [5, 5.41) is 3.66. The Morgan fingerprint density at radius 1 is 1.12 bits per heavy atom. The number of carbonyl (C=O) groups is 2. The van der Waals surface area contributed by atoms with E-state index in [0.29, 0.717) is 23.7 Å². The second kappa shape index (κ2) is 9.92. The molecule has 0 fully saturated rings. The summed E-state index contributed by atoms with van der Waals surface area (Å²) in [4.78, 5) is 28.3. The van der Waals surface area contributed by atoms with Gasteiger partial charge in [0.1, 0.15) is 5.00 Å². The van der Waals surface area contributed by atoms with E-state index in [-0.39, 0.29) is 11.9 Å². The summed E-state index contributed by atoms with van der Waals surface area (Å²) in [6.45, 7) is 8.58. The van der Waals surface area contributed by atoms with E-state index in [4.69, 9.17) is 4.74 Å². The SMILES string of the molecule is CCCN(CCC)CC(=O)Nc1sc2c(c1C(=O)OCC)CCCC2. The third-order valence-electron chi connectivity index (χ3n) is 4.35. The molecule has 0 aromatic carbocycles. The molecule has 0 spiro atoms. The summed E-state index contributed by atoms with van der Waals surface area (Å²) in [7, 11) is 0. The Morgan fingerprint density at radius 3 is 2.44 bits per heavy atom. The second-order valence-corrected chi connectivity index (χ2v) is 7.56. The number of carbonyl (C=O) groups excluding carboxylic acids is 2. The number of esters is 1. The van der Waals surface area contributed by atoms with Crippen molar-refractivity contribution in [3.8, 4) is 0 Å². The topological polar surface area (TPSA) is 58.6 Å². The van der Waals surface area contributed by atoms with Gasteiger partial charge in [-0.25, -0.2) is 4.79 Å². The number of hydrogen-bond donors (Lipinski definition) is 1. The van der Waals surface area contributed by atoms with Crippen molar-refractivity contribution in [2.24, 2.45) is 0 Å². The van der Waals surface area contributed by atoms with Gasteiger partial charge in [-0.05, 0) is 64.1 Å². The summed E-state index contributed by atoms with van der Waals surface area (Å²) >= 11 is 1.55. The van der Waals surface area contributed by atoms with Gasteiger partial charge in [0.05, 0.1) is 18.7 Å². The fourth-order valence-electron chi connectivity index (χ4n) is 3.34. The lowest BCUT2D eigenvalue weighted by atomic mass is 9.95. The van der Waals surface area contributed by atoms with Crippen molar-refractivity contribution in [3.05, 3.63) is 16.0 Å². The molecule has 140 valence electrons. The van der Waals surface area contributed by atoms with Crippen LogP contribution in [0, 0.1) is 0 Å². The molecule has 0 atom stereocenters. The molecule has 0 saturated carbocycles. The zero-order valence-electron chi connectivity index (χ0n) is 15.7. The highest BCUT2D eigenvalue weighted by molar-refractivity contribution is 7.17. The Hall–Kier alpha value is -1.40. The van der Waals surface area contributed by atoms with Crippen LogP contribution in [0.3, 0.4) is 0 Å². The lowest BCUT2D eigenvalue weighted by Gasteiger charge is -2.20. The molecule has 1 N–H and O–H groups in total. The van der Waals surface area contributed by atoms with E-state index in [9.17, 15) is 9.59 Å². The van der Waals surface area contributed by atoms with Gasteiger partial charge >= 0.3 is 5.97 Å². The fourth-order valence-corrected chi connectivity index (χ4v) is 4.64. The molecule has 0 saturated heterocycles. The van der Waals surface area contributed by atoms with E-state index in [2.05, 4.69) is 24.1 Å². The number of thiophene rings is 1. The number of aryl methyl sites for hydroxylation is 1. The number of anilines is 1. The van der Waals surface area contributed by atoms with Crippen LogP contribution >= 0.6 is 11.3 Å². The number of amides is 1. The van der Waals surface area contributed by atoms with Crippen LogP contribution in [0.2, 0.25) is 0 Å². The molecule has 0 aliphatic heterocycles. The zero-order chi connectivity index (χ0) is 18.2. The molecule has 1 aromatic rings. The van der Waals surface area contributed by atoms with Gasteiger partial charge in [-0.1, -0.05) is 13.8 Å². The number of ether oxygens (including phenoxy) is 1. The minimum absolute atomic E-state index is 0.0500. The highest BCUT2D eigenvalue weighted by Crippen LogP contribution is 2.38. The molecule has 1 aliphatic rings. The summed E-state index contributed by atoms with van der Waals surface area (Å²) in [5.74, 6) is -0.359. The maximum absolute atomic E-state index is 12.5. The van der Waals surface area contributed by atoms with Crippen molar-refractivity contribution < 1.29 is 14.3 Å². The molecular weight excluding hydrogens is 336 g/mol. The van der Waals surface area contributed by atoms with Gasteiger partial charge in [0.15, 0.2) is 0 Å². The van der Waals surface area contributed by atoms with E-state index in [1.165, 1.54) is 4.88 Å². The number of rotatable bonds is 9. The van der Waals surface area contributed by atoms with Gasteiger partial charge in [-0.3, -0.25) is 9.69 Å². The molecule has 6 heteroatoms. The molecule has 1 heterocycles. The van der Waals surface area contributed by atoms with Crippen LogP contribution in [0.5, 0.6) is 0 Å². The minimum atomic E-state index is -0.309. The van der Waals surface area contributed by atoms with Crippen molar-refractivity contribution in [3.63, 3.8) is 0 Å². The highest BCUT2D eigenvalue weighted by atomic mass is 32.1. The third-order valence-corrected chi connectivity index (χ3v) is 5.56. The smallest absolute Gasteiger partial charge is 0.341 e. The average molecular weight is 367 g/mol. The number of fused-ring (bicyclic) bond motifs is 1. The highest BCUT2D eigenvalue weighted by Gasteiger charge is 2.27. The van der Waals surface area contributed by atoms with Gasteiger partial charge in [-0.2, -0.15) is 0 Å². The Balaban J connectivity index is 2.16. The lowest BCUT2D eigenvalue weighted by molar-refractivity contribution is -0.117. The Bertz CT molecular complexity index is 592. The molecule has 2 rings (SSSR count). The number of nitrogens with zero attached hydrogens (tertiary/aromatic N) is 1. The van der Waals surface area contributed by atoms with Crippen LogP contribution < -0.4 is 5.32 Å². The van der Waals surface area contributed by atoms with Gasteiger partial charge in [0.25, 0.3) is 0 Å². The number of hydrogen-bond acceptors (Lipinski definition) is 5. The van der Waals surface area contributed by atoms with Crippen molar-refractivity contribution in [2.45, 2.75) is 59.3 Å². The molecular formula is C19H30N2O3S. The molecule has 0 unspecified atom stereocenters. The van der Waals surface area contributed by atoms with E-state index in [1.807, 2.05) is 6.92 Å². The molecule has 1 aliphatic carbocycles. The largest absolute Gasteiger partial charge is 0.462 e. The Kier molecular flexibility index (Phi) is 7.90. The Morgan fingerprint density at radius 2 is 1.80 bits per heavy atom. The van der Waals surface area contributed by atoms with E-state index >= 15 is 0 Å². The molecule has 1 aromatic heterocycles. The van der Waals surface area contributed by atoms with Crippen LogP contribution in [0.1, 0.15) is 67.3 Å². The quantitative estimate of drug-likeness (QED) is 0.674. The summed E-state index contributed by atoms with van der Waals surface area (Å²) in [6.07, 6.45) is 6.16. The maximum atomic E-state index is 12.5. The molecule has 0 bridgehead atoms. The Labute approximate surface area is 154 Å². The lowest BCUT2D eigenvalue weighted by Crippen LogP contribution is -2.34. The molecule has 25 heavy (non-hydrogen) atoms. The second-order valence-electron chi connectivity index (χ2n) is 6.46. The molecule has 5 nitrogen and oxygen atoms in total. The van der Waals surface area contributed by atoms with Crippen molar-refractivity contribution in [1.82, 2.24) is 4.90 Å². The average Bonchev–Trinajstić information content (AvgIpc) is 2.93. The van der Waals surface area contributed by atoms with E-state index in [0.717, 1.165) is 57.2 Å². The van der Waals surface area contributed by atoms with E-state index < -0.39 is 0 Å². The summed E-state index contributed by atoms with van der Waals surface area (Å²) in [6, 6.07) is 0. The first-order chi connectivity index (χ1) is 12.1. The fraction of sp³-hybridized carbons (Fsp3) is 0.684. The van der Waals surface area contributed by atoms with Crippen molar-refractivity contribution in [2.75, 3.05) is 31.6 Å². The number of nitrogens with one attached hydrogen (secondary N) is 1. The van der Waals surface area contributed by atoms with Gasteiger partial charge in [0, 0.05) is 4.88 Å². The third kappa shape index (κ3) is 5.28. The normalized spacial score (nSPS) is 13.6. The predicted molar refractivity (Wildman–Crippen MR) is 103 cm³/mol. The van der Waals surface area contributed by atoms with E-state index in [1.54, 1.807) is 11.3 Å². The van der Waals surface area contributed by atoms with Gasteiger partial charge in [0.2, 0.25) is 5.91 Å². The molecule has 0 radical (unpaired) electrons. The van der Waals surface area contributed by atoms with Crippen molar-refractivity contribution in [1.29, 1.82) is 0 Å². The van der Waals surface area contributed by atoms with Crippen LogP contribution in [0.25, 0.3) is 0 Å². The van der Waals surface area contributed by atoms with Crippen LogP contribution in [0.4, 0.5) is 5.00 Å². The van der Waals surface area contributed by atoms with Gasteiger partial charge < -0.3 is 10.1 Å². The van der Waals surface area contributed by atoms with Crippen LogP contribution in [-0.2, 0) is 22.4 Å². The first kappa shape index (κ1) is 19.9. The van der Waals surface area contributed by atoms with Crippen molar-refractivity contribution >= 4 is 28.2 Å². The minimum Gasteiger partial charge on any atom is -0.462 e. The monoisotopic (exact) mass is 366 g/mol. The standard InChI is InChI=1S/C19H30N2O3S/c1-4-11-21(12-5-2)13-16(22)20-18-17(19(23)24-6-3)14-9-7-8-10-15(14)25-18/h4-13H2,1-3H3,(H,20,22). The first-order valence-corrected chi connectivity index (χ1v) is 10.3. The predicted octanol–water partition coefficient (Wildman–Crippen LogP) is 3.86. The van der Waals surface area contributed by atoms with Crippen LogP contribution in [0.15, 0.2) is 0 Å². The summed E-state index contributed by atoms with van der Waals surface area (Å²) in [5.41, 5.74) is 1.68.